The van der Waals surface area contributed by atoms with E-state index in [0.29, 0.717) is 17.1 Å². The molecule has 1 amide bonds. The smallest absolute Gasteiger partial charge is 0.351 e. The third-order valence-electron chi connectivity index (χ3n) is 9.85. The summed E-state index contributed by atoms with van der Waals surface area (Å²) in [6, 6.07) is 36.9. The molecule has 0 saturated heterocycles. The molecule has 0 fully saturated rings. The number of anilines is 1. The lowest BCUT2D eigenvalue weighted by molar-refractivity contribution is -0.138. The fraction of sp³-hybridized carbons (Fsp3) is 0.354. The number of carbonyl (C=O) groups excluding carboxylic acids is 2. The van der Waals surface area contributed by atoms with E-state index in [1.165, 1.54) is 23.8 Å². The Labute approximate surface area is 375 Å². The van der Waals surface area contributed by atoms with Crippen LogP contribution in [0.4, 0.5) is 5.82 Å². The minimum absolute atomic E-state index is 0.00313. The summed E-state index contributed by atoms with van der Waals surface area (Å²) in [6.45, 7) is 8.83. The van der Waals surface area contributed by atoms with Gasteiger partial charge in [-0.15, -0.1) is 0 Å². The van der Waals surface area contributed by atoms with Gasteiger partial charge in [-0.2, -0.15) is 10.2 Å². The van der Waals surface area contributed by atoms with Crippen molar-refractivity contribution in [1.82, 2.24) is 14.2 Å². The van der Waals surface area contributed by atoms with Crippen LogP contribution in [0.2, 0.25) is 0 Å². The molecule has 4 aromatic carbocycles. The molecule has 0 bridgehead atoms. The number of ether oxygens (including phenoxy) is 5. The van der Waals surface area contributed by atoms with Gasteiger partial charge in [0.15, 0.2) is 6.23 Å². The van der Waals surface area contributed by atoms with Crippen LogP contribution in [0.3, 0.4) is 0 Å². The molecule has 338 valence electrons. The molecule has 5 aromatic rings. The average molecular weight is 894 g/mol. The second-order valence-corrected chi connectivity index (χ2v) is 16.5. The van der Waals surface area contributed by atoms with Crippen molar-refractivity contribution in [3.05, 3.63) is 154 Å². The minimum Gasteiger partial charge on any atom is -0.497 e. The quantitative estimate of drug-likeness (QED) is 0.0272. The van der Waals surface area contributed by atoms with E-state index >= 15 is 0 Å². The Kier molecular flexibility index (Phi) is 18.5. The van der Waals surface area contributed by atoms with Gasteiger partial charge in [0, 0.05) is 25.2 Å². The first-order valence-corrected chi connectivity index (χ1v) is 22.0. The number of esters is 1. The maximum Gasteiger partial charge on any atom is 0.351 e. The summed E-state index contributed by atoms with van der Waals surface area (Å²) in [7, 11) is 1.43. The molecule has 3 atom stereocenters. The number of carbonyl (C=O) groups is 2. The summed E-state index contributed by atoms with van der Waals surface area (Å²) in [5.41, 5.74) is 0.561. The van der Waals surface area contributed by atoms with Crippen LogP contribution in [0, 0.1) is 11.3 Å². The molecule has 16 heteroatoms. The maximum atomic E-state index is 13.7. The van der Waals surface area contributed by atoms with Gasteiger partial charge in [0.2, 0.25) is 5.91 Å². The average Bonchev–Trinajstić information content (AvgIpc) is 3.30. The van der Waals surface area contributed by atoms with Gasteiger partial charge in [0.25, 0.3) is 8.53 Å². The van der Waals surface area contributed by atoms with Crippen molar-refractivity contribution in [1.29, 1.82) is 5.26 Å². The summed E-state index contributed by atoms with van der Waals surface area (Å²) in [5, 5.41) is 11.9. The summed E-state index contributed by atoms with van der Waals surface area (Å²) in [4.78, 5) is 43.0. The number of aromatic nitrogens is 2. The predicted octanol–water partition coefficient (Wildman–Crippen LogP) is 8.26. The van der Waals surface area contributed by atoms with E-state index in [4.69, 9.17) is 32.7 Å². The normalized spacial score (nSPS) is 13.0. The zero-order valence-corrected chi connectivity index (χ0v) is 38.1. The standard InChI is InChI=1S/C48H56N5O10P/c1-34(2)53(35(3)4)64(61-30-14-28-49)62-32-43(63-45(33-59-46(55)37-15-10-8-11-16-37)52-29-27-44(50-36(5)54)51-47(52)56)31-60-48(38-17-12-9-13-18-38,39-19-23-41(57-6)24-20-39)40-21-25-42(58-7)26-22-40/h8-13,15-27,29,34-35,43,45H,14,30-33H2,1-7H3,(H,50,51,54,56)/t43-,45-,64?/m1/s1. The van der Waals surface area contributed by atoms with Crippen molar-refractivity contribution in [2.24, 2.45) is 0 Å². The van der Waals surface area contributed by atoms with Gasteiger partial charge in [0.1, 0.15) is 35.6 Å². The van der Waals surface area contributed by atoms with Crippen molar-refractivity contribution in [2.75, 3.05) is 46.0 Å². The first kappa shape index (κ1) is 49.0. The van der Waals surface area contributed by atoms with Crippen LogP contribution in [0.1, 0.15) is 74.3 Å². The molecule has 0 aliphatic heterocycles. The highest BCUT2D eigenvalue weighted by molar-refractivity contribution is 7.44. The van der Waals surface area contributed by atoms with Crippen LogP contribution < -0.4 is 20.5 Å². The largest absolute Gasteiger partial charge is 0.497 e. The van der Waals surface area contributed by atoms with Gasteiger partial charge in [-0.3, -0.25) is 9.36 Å². The molecule has 0 aliphatic rings. The van der Waals surface area contributed by atoms with Gasteiger partial charge in [0.05, 0.1) is 52.1 Å². The van der Waals surface area contributed by atoms with E-state index in [2.05, 4.69) is 21.0 Å². The van der Waals surface area contributed by atoms with E-state index in [1.807, 2.05) is 107 Å². The van der Waals surface area contributed by atoms with Gasteiger partial charge < -0.3 is 38.0 Å². The molecule has 1 aromatic heterocycles. The van der Waals surface area contributed by atoms with Crippen LogP contribution in [0.5, 0.6) is 11.5 Å². The number of amides is 1. The van der Waals surface area contributed by atoms with Crippen LogP contribution in [0.15, 0.2) is 126 Å². The number of rotatable bonds is 24. The van der Waals surface area contributed by atoms with Gasteiger partial charge in [-0.25, -0.2) is 14.3 Å². The Morgan fingerprint density at radius 2 is 1.34 bits per heavy atom. The lowest BCUT2D eigenvalue weighted by Crippen LogP contribution is -2.41. The molecular weight excluding hydrogens is 838 g/mol. The highest BCUT2D eigenvalue weighted by atomic mass is 31.2. The molecule has 0 aliphatic carbocycles. The number of nitriles is 1. The van der Waals surface area contributed by atoms with Crippen LogP contribution in [0.25, 0.3) is 0 Å². The first-order chi connectivity index (χ1) is 30.9. The van der Waals surface area contributed by atoms with Crippen molar-refractivity contribution in [3.8, 4) is 17.6 Å². The zero-order valence-electron chi connectivity index (χ0n) is 37.2. The Balaban J connectivity index is 1.64. The van der Waals surface area contributed by atoms with Gasteiger partial charge in [-0.05, 0) is 86.8 Å². The Morgan fingerprint density at radius 1 is 0.781 bits per heavy atom. The molecule has 0 spiro atoms. The fourth-order valence-electron chi connectivity index (χ4n) is 6.97. The van der Waals surface area contributed by atoms with E-state index in [0.717, 1.165) is 16.7 Å². The molecule has 0 radical (unpaired) electrons. The number of nitrogens with zero attached hydrogens (tertiary/aromatic N) is 4. The summed E-state index contributed by atoms with van der Waals surface area (Å²) in [5.74, 6) is 0.276. The summed E-state index contributed by atoms with van der Waals surface area (Å²) >= 11 is 0. The van der Waals surface area contributed by atoms with Crippen molar-refractivity contribution in [3.63, 3.8) is 0 Å². The fourth-order valence-corrected chi connectivity index (χ4v) is 8.61. The van der Waals surface area contributed by atoms with Crippen molar-refractivity contribution >= 4 is 26.2 Å². The van der Waals surface area contributed by atoms with Crippen LogP contribution >= 0.6 is 8.53 Å². The summed E-state index contributed by atoms with van der Waals surface area (Å²) in [6.07, 6.45) is -0.715. The first-order valence-electron chi connectivity index (χ1n) is 20.8. The maximum absolute atomic E-state index is 13.7. The van der Waals surface area contributed by atoms with E-state index in [1.54, 1.807) is 44.6 Å². The Bertz CT molecular complexity index is 2270. The van der Waals surface area contributed by atoms with Crippen LogP contribution in [-0.2, 0) is 33.7 Å². The summed E-state index contributed by atoms with van der Waals surface area (Å²) < 4.78 is 47.2. The SMILES string of the molecule is COc1ccc(C(OC[C@H](COP(OCCC#N)N(C(C)C)C(C)C)O[C@H](COC(=O)c2ccccc2)n2ccc(NC(C)=O)nc2=O)(c2ccccc2)c2ccc(OC)cc2)cc1. The zero-order chi connectivity index (χ0) is 46.1. The highest BCUT2D eigenvalue weighted by Crippen LogP contribution is 2.47. The van der Waals surface area contributed by atoms with Crippen molar-refractivity contribution in [2.45, 2.75) is 71.1 Å². The Hall–Kier alpha value is -5.98. The molecule has 1 heterocycles. The van der Waals surface area contributed by atoms with Crippen LogP contribution in [-0.4, -0.2) is 84.9 Å². The number of benzene rings is 4. The molecule has 15 nitrogen and oxygen atoms in total. The number of hydrogen-bond acceptors (Lipinski definition) is 13. The third-order valence-corrected chi connectivity index (χ3v) is 11.9. The highest BCUT2D eigenvalue weighted by Gasteiger charge is 2.40. The lowest BCUT2D eigenvalue weighted by Gasteiger charge is -2.38. The topological polar surface area (TPSA) is 173 Å². The third kappa shape index (κ3) is 13.0. The number of hydrogen-bond donors (Lipinski definition) is 1. The number of nitrogens with one attached hydrogen (secondary N) is 1. The van der Waals surface area contributed by atoms with Crippen molar-refractivity contribution < 1.29 is 42.3 Å². The van der Waals surface area contributed by atoms with Gasteiger partial charge >= 0.3 is 11.7 Å². The van der Waals surface area contributed by atoms with Gasteiger partial charge in [-0.1, -0.05) is 72.8 Å². The molecule has 1 unspecified atom stereocenters. The van der Waals surface area contributed by atoms with E-state index in [-0.39, 0.29) is 44.1 Å². The second-order valence-electron chi connectivity index (χ2n) is 15.0. The molecule has 1 N–H and O–H groups in total. The monoisotopic (exact) mass is 893 g/mol. The lowest BCUT2D eigenvalue weighted by atomic mass is 9.80. The molecular formula is C48H56N5O10P. The molecule has 5 rings (SSSR count). The molecule has 0 saturated carbocycles. The van der Waals surface area contributed by atoms with E-state index in [9.17, 15) is 19.6 Å². The number of methoxy groups -OCH3 is 2. The predicted molar refractivity (Wildman–Crippen MR) is 243 cm³/mol. The molecule has 64 heavy (non-hydrogen) atoms. The second kappa shape index (κ2) is 24.2. The van der Waals surface area contributed by atoms with E-state index < -0.39 is 50.6 Å². The minimum atomic E-state index is -1.76. The Morgan fingerprint density at radius 3 is 1.86 bits per heavy atom.